The number of methoxy groups -OCH3 is 1. The summed E-state index contributed by atoms with van der Waals surface area (Å²) in [5, 5.41) is 2.92. The van der Waals surface area contributed by atoms with Crippen molar-refractivity contribution in [3.8, 4) is 17.0 Å². The monoisotopic (exact) mass is 456 g/mol. The summed E-state index contributed by atoms with van der Waals surface area (Å²) < 4.78 is 52.0. The fourth-order valence-electron chi connectivity index (χ4n) is 3.62. The Balaban J connectivity index is 1.72. The summed E-state index contributed by atoms with van der Waals surface area (Å²) in [6.07, 6.45) is -1.21. The molecule has 0 aliphatic heterocycles. The zero-order chi connectivity index (χ0) is 23.6. The summed E-state index contributed by atoms with van der Waals surface area (Å²) in [6, 6.07) is 12.6. The summed E-state index contributed by atoms with van der Waals surface area (Å²) in [5.74, 6) is 0.312. The molecule has 172 valence electrons. The van der Waals surface area contributed by atoms with Gasteiger partial charge in [-0.25, -0.2) is 4.79 Å². The number of hydrogen-bond acceptors (Lipinski definition) is 5. The number of rotatable bonds is 7. The second-order valence-electron chi connectivity index (χ2n) is 7.77. The number of ether oxygens (including phenoxy) is 2. The van der Waals surface area contributed by atoms with E-state index in [1.165, 1.54) is 19.4 Å². The molecule has 3 aromatic rings. The van der Waals surface area contributed by atoms with Crippen molar-refractivity contribution in [1.29, 1.82) is 0 Å². The minimum atomic E-state index is -4.64. The third-order valence-corrected chi connectivity index (χ3v) is 5.40. The Morgan fingerprint density at radius 3 is 2.61 bits per heavy atom. The minimum absolute atomic E-state index is 0.110. The molecule has 0 atom stereocenters. The molecule has 5 nitrogen and oxygen atoms in total. The predicted octanol–water partition coefficient (Wildman–Crippen LogP) is 6.57. The molecular formula is C25H23F3N2O3. The van der Waals surface area contributed by atoms with E-state index < -0.39 is 17.7 Å². The largest absolute Gasteiger partial charge is 0.497 e. The number of nitrogens with one attached hydrogen (secondary N) is 1. The predicted molar refractivity (Wildman–Crippen MR) is 119 cm³/mol. The molecule has 1 fully saturated rings. The van der Waals surface area contributed by atoms with Crippen LogP contribution < -0.4 is 10.1 Å². The van der Waals surface area contributed by atoms with Gasteiger partial charge in [0.2, 0.25) is 0 Å². The van der Waals surface area contributed by atoms with Crippen LogP contribution in [0, 0.1) is 0 Å². The zero-order valence-corrected chi connectivity index (χ0v) is 18.2. The quantitative estimate of drug-likeness (QED) is 0.407. The van der Waals surface area contributed by atoms with E-state index in [1.54, 1.807) is 37.3 Å². The van der Waals surface area contributed by atoms with Crippen molar-refractivity contribution in [1.82, 2.24) is 4.98 Å². The maximum absolute atomic E-state index is 13.9. The standard InChI is InChI=1S/C25H23F3N2O3/c1-3-33-24(31)20-12-16(15-7-8-15)9-10-22(20)30-18-13-21(25(26,27)28)23(29-14-18)17-5-4-6-19(11-17)32-2/h4-6,9-15,30H,3,7-8H2,1-2H3. The highest BCUT2D eigenvalue weighted by atomic mass is 19.4. The lowest BCUT2D eigenvalue weighted by molar-refractivity contribution is -0.137. The maximum Gasteiger partial charge on any atom is 0.418 e. The van der Waals surface area contributed by atoms with Crippen LogP contribution in [-0.2, 0) is 10.9 Å². The van der Waals surface area contributed by atoms with Crippen LogP contribution in [0.1, 0.15) is 47.2 Å². The molecule has 0 radical (unpaired) electrons. The third kappa shape index (κ3) is 5.10. The number of esters is 1. The van der Waals surface area contributed by atoms with Crippen molar-refractivity contribution in [2.45, 2.75) is 31.9 Å². The van der Waals surface area contributed by atoms with Gasteiger partial charge in [0.05, 0.1) is 48.1 Å². The molecular weight excluding hydrogens is 433 g/mol. The number of carbonyl (C=O) groups excluding carboxylic acids is 1. The van der Waals surface area contributed by atoms with E-state index in [1.807, 2.05) is 6.07 Å². The molecule has 2 aromatic carbocycles. The van der Waals surface area contributed by atoms with E-state index in [4.69, 9.17) is 9.47 Å². The van der Waals surface area contributed by atoms with Gasteiger partial charge in [-0.05, 0) is 61.6 Å². The maximum atomic E-state index is 13.9. The number of anilines is 2. The second-order valence-corrected chi connectivity index (χ2v) is 7.77. The lowest BCUT2D eigenvalue weighted by Gasteiger charge is -2.17. The molecule has 0 saturated heterocycles. The van der Waals surface area contributed by atoms with Gasteiger partial charge in [0, 0.05) is 5.56 Å². The summed E-state index contributed by atoms with van der Waals surface area (Å²) in [7, 11) is 1.44. The molecule has 4 rings (SSSR count). The molecule has 1 aliphatic carbocycles. The molecule has 0 spiro atoms. The summed E-state index contributed by atoms with van der Waals surface area (Å²) in [5.41, 5.74) is 0.960. The Hall–Kier alpha value is -3.55. The van der Waals surface area contributed by atoms with Crippen molar-refractivity contribution < 1.29 is 27.4 Å². The Labute approximate surface area is 189 Å². The SMILES string of the molecule is CCOC(=O)c1cc(C2CC2)ccc1Nc1cnc(-c2cccc(OC)c2)c(C(F)(F)F)c1. The van der Waals surface area contributed by atoms with Gasteiger partial charge in [0.15, 0.2) is 0 Å². The average Bonchev–Trinajstić information content (AvgIpc) is 3.64. The summed E-state index contributed by atoms with van der Waals surface area (Å²) in [4.78, 5) is 16.6. The molecule has 1 heterocycles. The number of alkyl halides is 3. The van der Waals surface area contributed by atoms with E-state index in [9.17, 15) is 18.0 Å². The third-order valence-electron chi connectivity index (χ3n) is 5.40. The van der Waals surface area contributed by atoms with Crippen LogP contribution in [0.4, 0.5) is 24.5 Å². The molecule has 8 heteroatoms. The fourth-order valence-corrected chi connectivity index (χ4v) is 3.62. The first-order chi connectivity index (χ1) is 15.8. The van der Waals surface area contributed by atoms with Crippen LogP contribution in [0.25, 0.3) is 11.3 Å². The highest BCUT2D eigenvalue weighted by molar-refractivity contribution is 5.97. The first-order valence-electron chi connectivity index (χ1n) is 10.6. The van der Waals surface area contributed by atoms with Gasteiger partial charge in [0.25, 0.3) is 0 Å². The number of hydrogen-bond donors (Lipinski definition) is 1. The zero-order valence-electron chi connectivity index (χ0n) is 18.2. The van der Waals surface area contributed by atoms with Crippen LogP contribution in [-0.4, -0.2) is 24.7 Å². The van der Waals surface area contributed by atoms with Crippen LogP contribution >= 0.6 is 0 Å². The number of halogens is 3. The van der Waals surface area contributed by atoms with E-state index in [2.05, 4.69) is 10.3 Å². The minimum Gasteiger partial charge on any atom is -0.497 e. The van der Waals surface area contributed by atoms with E-state index in [0.717, 1.165) is 24.5 Å². The van der Waals surface area contributed by atoms with Crippen molar-refractivity contribution in [3.63, 3.8) is 0 Å². The van der Waals surface area contributed by atoms with Crippen LogP contribution in [0.3, 0.4) is 0 Å². The summed E-state index contributed by atoms with van der Waals surface area (Å²) >= 11 is 0. The fraction of sp³-hybridized carbons (Fsp3) is 0.280. The van der Waals surface area contributed by atoms with E-state index in [-0.39, 0.29) is 29.1 Å². The summed E-state index contributed by atoms with van der Waals surface area (Å²) in [6.45, 7) is 1.90. The molecule has 33 heavy (non-hydrogen) atoms. The lowest BCUT2D eigenvalue weighted by Crippen LogP contribution is -2.11. The van der Waals surface area contributed by atoms with Gasteiger partial charge in [-0.1, -0.05) is 18.2 Å². The van der Waals surface area contributed by atoms with Crippen molar-refractivity contribution in [2.75, 3.05) is 19.0 Å². The highest BCUT2D eigenvalue weighted by Crippen LogP contribution is 2.42. The molecule has 1 aromatic heterocycles. The van der Waals surface area contributed by atoms with Crippen molar-refractivity contribution in [3.05, 3.63) is 71.4 Å². The average molecular weight is 456 g/mol. The van der Waals surface area contributed by atoms with E-state index >= 15 is 0 Å². The number of benzene rings is 2. The van der Waals surface area contributed by atoms with Crippen LogP contribution in [0.5, 0.6) is 5.75 Å². The van der Waals surface area contributed by atoms with Crippen LogP contribution in [0.2, 0.25) is 0 Å². The van der Waals surface area contributed by atoms with Crippen molar-refractivity contribution >= 4 is 17.3 Å². The number of nitrogens with zero attached hydrogens (tertiary/aromatic N) is 1. The number of pyridine rings is 1. The van der Waals surface area contributed by atoms with Gasteiger partial charge in [-0.3, -0.25) is 4.98 Å². The lowest BCUT2D eigenvalue weighted by atomic mass is 10.0. The molecule has 0 unspecified atom stereocenters. The second kappa shape index (κ2) is 9.13. The molecule has 1 N–H and O–H groups in total. The smallest absolute Gasteiger partial charge is 0.418 e. The van der Waals surface area contributed by atoms with E-state index in [0.29, 0.717) is 17.4 Å². The Morgan fingerprint density at radius 2 is 1.94 bits per heavy atom. The first kappa shape index (κ1) is 22.6. The van der Waals surface area contributed by atoms with Crippen molar-refractivity contribution in [2.24, 2.45) is 0 Å². The number of aromatic nitrogens is 1. The normalized spacial score (nSPS) is 13.5. The Bertz CT molecular complexity index is 1170. The highest BCUT2D eigenvalue weighted by Gasteiger charge is 2.35. The molecule has 0 amide bonds. The Kier molecular flexibility index (Phi) is 6.26. The topological polar surface area (TPSA) is 60.5 Å². The molecule has 1 saturated carbocycles. The van der Waals surface area contributed by atoms with Gasteiger partial charge < -0.3 is 14.8 Å². The van der Waals surface area contributed by atoms with Gasteiger partial charge in [0.1, 0.15) is 5.75 Å². The van der Waals surface area contributed by atoms with Crippen LogP contribution in [0.15, 0.2) is 54.7 Å². The Morgan fingerprint density at radius 1 is 1.15 bits per heavy atom. The number of carbonyl (C=O) groups is 1. The van der Waals surface area contributed by atoms with Gasteiger partial charge >= 0.3 is 12.1 Å². The first-order valence-corrected chi connectivity index (χ1v) is 10.6. The molecule has 0 bridgehead atoms. The van der Waals surface area contributed by atoms with Gasteiger partial charge in [-0.15, -0.1) is 0 Å². The van der Waals surface area contributed by atoms with Gasteiger partial charge in [-0.2, -0.15) is 13.2 Å². The molecule has 1 aliphatic rings.